The van der Waals surface area contributed by atoms with Crippen LogP contribution in [-0.2, 0) is 4.79 Å². The van der Waals surface area contributed by atoms with Gasteiger partial charge in [0.15, 0.2) is 5.65 Å². The molecule has 3 aromatic rings. The molecule has 0 aliphatic heterocycles. The summed E-state index contributed by atoms with van der Waals surface area (Å²) in [6.07, 6.45) is 2.50. The molecule has 3 N–H and O–H groups in total. The van der Waals surface area contributed by atoms with Crippen LogP contribution in [0.4, 0.5) is 10.6 Å². The first-order chi connectivity index (χ1) is 13.5. The van der Waals surface area contributed by atoms with Crippen molar-refractivity contribution in [2.24, 2.45) is 0 Å². The van der Waals surface area contributed by atoms with E-state index in [0.29, 0.717) is 35.5 Å². The molecule has 0 fully saturated rings. The summed E-state index contributed by atoms with van der Waals surface area (Å²) < 4.78 is 0. The van der Waals surface area contributed by atoms with Crippen molar-refractivity contribution in [1.29, 1.82) is 0 Å². The van der Waals surface area contributed by atoms with Crippen molar-refractivity contribution in [3.05, 3.63) is 55.6 Å². The highest BCUT2D eigenvalue weighted by Gasteiger charge is 2.15. The van der Waals surface area contributed by atoms with Crippen LogP contribution >= 0.6 is 0 Å². The van der Waals surface area contributed by atoms with Crippen LogP contribution in [0.2, 0.25) is 0 Å². The maximum absolute atomic E-state index is 12.2. The van der Waals surface area contributed by atoms with Gasteiger partial charge in [-0.2, -0.15) is 0 Å². The summed E-state index contributed by atoms with van der Waals surface area (Å²) >= 11 is 0. The average Bonchev–Trinajstić information content (AvgIpc) is 2.67. The second kappa shape index (κ2) is 8.90. The lowest BCUT2D eigenvalue weighted by Gasteiger charge is -2.16. The number of aliphatic carboxylic acids is 1. The number of anilines is 1. The van der Waals surface area contributed by atoms with Crippen LogP contribution < -0.4 is 10.6 Å². The summed E-state index contributed by atoms with van der Waals surface area (Å²) in [4.78, 5) is 36.3. The van der Waals surface area contributed by atoms with Gasteiger partial charge in [0.1, 0.15) is 11.3 Å². The van der Waals surface area contributed by atoms with Gasteiger partial charge in [-0.3, -0.25) is 15.1 Å². The minimum atomic E-state index is -0.980. The van der Waals surface area contributed by atoms with E-state index in [2.05, 4.69) is 32.5 Å². The number of carboxylic acid groups (broad SMARTS) is 1. The van der Waals surface area contributed by atoms with Crippen molar-refractivity contribution < 1.29 is 14.7 Å². The predicted molar refractivity (Wildman–Crippen MR) is 106 cm³/mol. The van der Waals surface area contributed by atoms with Crippen LogP contribution in [0.1, 0.15) is 19.3 Å². The molecule has 0 bridgehead atoms. The molecule has 28 heavy (non-hydrogen) atoms. The van der Waals surface area contributed by atoms with Gasteiger partial charge in [-0.1, -0.05) is 43.7 Å². The van der Waals surface area contributed by atoms with Crippen molar-refractivity contribution in [2.75, 3.05) is 5.32 Å². The van der Waals surface area contributed by atoms with Crippen molar-refractivity contribution in [3.8, 4) is 11.3 Å². The Morgan fingerprint density at radius 3 is 2.61 bits per heavy atom. The Hall–Kier alpha value is -3.55. The number of nitrogens with zero attached hydrogens (tertiary/aromatic N) is 3. The third-order valence-corrected chi connectivity index (χ3v) is 4.03. The molecule has 1 radical (unpaired) electrons. The van der Waals surface area contributed by atoms with Gasteiger partial charge < -0.3 is 10.4 Å². The lowest BCUT2D eigenvalue weighted by molar-refractivity contribution is -0.137. The van der Waals surface area contributed by atoms with Crippen LogP contribution in [0.25, 0.3) is 22.4 Å². The highest BCUT2D eigenvalue weighted by atomic mass is 16.4. The average molecular weight is 378 g/mol. The fraction of sp³-hybridized carbons (Fsp3) is 0.200. The molecule has 2 heterocycles. The van der Waals surface area contributed by atoms with E-state index >= 15 is 0 Å². The molecular formula is C20H20N5O3. The van der Waals surface area contributed by atoms with Crippen LogP contribution in [-0.4, -0.2) is 38.1 Å². The van der Waals surface area contributed by atoms with Crippen LogP contribution in [0, 0.1) is 6.92 Å². The molecule has 8 nitrogen and oxygen atoms in total. The number of carbonyl (C=O) groups is 2. The Bertz CT molecular complexity index is 978. The molecule has 0 aliphatic rings. The first-order valence-corrected chi connectivity index (χ1v) is 8.83. The highest BCUT2D eigenvalue weighted by Crippen LogP contribution is 2.19. The first-order valence-electron chi connectivity index (χ1n) is 8.83. The number of pyridine rings is 1. The molecule has 1 unspecified atom stereocenters. The molecule has 0 aliphatic carbocycles. The Morgan fingerprint density at radius 1 is 1.11 bits per heavy atom. The fourth-order valence-corrected chi connectivity index (χ4v) is 2.74. The topological polar surface area (TPSA) is 117 Å². The highest BCUT2D eigenvalue weighted by molar-refractivity contribution is 5.90. The van der Waals surface area contributed by atoms with Crippen molar-refractivity contribution >= 4 is 29.0 Å². The van der Waals surface area contributed by atoms with E-state index in [0.717, 1.165) is 5.56 Å². The second-order valence-corrected chi connectivity index (χ2v) is 6.20. The number of rotatable bonds is 7. The summed E-state index contributed by atoms with van der Waals surface area (Å²) in [6, 6.07) is 11.9. The lowest BCUT2D eigenvalue weighted by Crippen LogP contribution is -2.39. The summed E-state index contributed by atoms with van der Waals surface area (Å²) in [5, 5.41) is 14.2. The number of benzene rings is 1. The molecule has 3 rings (SSSR count). The maximum atomic E-state index is 12.2. The number of hydrogen-bond donors (Lipinski definition) is 3. The molecule has 8 heteroatoms. The third kappa shape index (κ3) is 5.00. The van der Waals surface area contributed by atoms with Crippen molar-refractivity contribution in [2.45, 2.75) is 25.3 Å². The van der Waals surface area contributed by atoms with Gasteiger partial charge in [0.2, 0.25) is 0 Å². The van der Waals surface area contributed by atoms with E-state index in [4.69, 9.17) is 5.11 Å². The molecule has 0 saturated heterocycles. The van der Waals surface area contributed by atoms with Crippen LogP contribution in [0.3, 0.4) is 0 Å². The first kappa shape index (κ1) is 19.2. The number of hydrogen-bond acceptors (Lipinski definition) is 5. The zero-order valence-electron chi connectivity index (χ0n) is 15.1. The molecular weight excluding hydrogens is 358 g/mol. The van der Waals surface area contributed by atoms with Gasteiger partial charge >= 0.3 is 12.0 Å². The molecule has 2 aromatic heterocycles. The minimum Gasteiger partial charge on any atom is -0.481 e. The van der Waals surface area contributed by atoms with Gasteiger partial charge in [-0.15, -0.1) is 0 Å². The monoisotopic (exact) mass is 378 g/mol. The molecule has 2 amide bonds. The largest absolute Gasteiger partial charge is 0.481 e. The Kier molecular flexibility index (Phi) is 6.11. The van der Waals surface area contributed by atoms with Gasteiger partial charge in [0.25, 0.3) is 0 Å². The molecule has 1 atom stereocenters. The summed E-state index contributed by atoms with van der Waals surface area (Å²) in [7, 11) is 0. The number of urea groups is 1. The number of fused-ring (bicyclic) bond motifs is 1. The number of aromatic nitrogens is 3. The smallest absolute Gasteiger partial charge is 0.320 e. The predicted octanol–water partition coefficient (Wildman–Crippen LogP) is 3.27. The number of nitrogens with one attached hydrogen (secondary N) is 2. The zero-order valence-corrected chi connectivity index (χ0v) is 15.1. The summed E-state index contributed by atoms with van der Waals surface area (Å²) in [5.74, 6) is -0.681. The number of carbonyl (C=O) groups excluding carboxylic acids is 1. The van der Waals surface area contributed by atoms with E-state index in [1.165, 1.54) is 0 Å². The van der Waals surface area contributed by atoms with Gasteiger partial charge in [0, 0.05) is 11.6 Å². The zero-order chi connectivity index (χ0) is 19.9. The normalized spacial score (nSPS) is 11.8. The van der Waals surface area contributed by atoms with Crippen LogP contribution in [0.5, 0.6) is 0 Å². The van der Waals surface area contributed by atoms with Gasteiger partial charge in [-0.05, 0) is 18.6 Å². The van der Waals surface area contributed by atoms with E-state index in [1.54, 1.807) is 18.3 Å². The standard InChI is InChI=1S/C20H20N5O3/c1-2-6-14(11-18(26)27)22-20(28)25-17-10-9-15-19(24-17)23-16(12-21-15)13-7-4-3-5-8-13/h3-5,7-10,12,14H,1-2,6,11H2,(H,26,27)(H2,22,23,24,25,28). The number of carboxylic acids is 1. The number of amides is 2. The van der Waals surface area contributed by atoms with Gasteiger partial charge in [0.05, 0.1) is 18.3 Å². The summed E-state index contributed by atoms with van der Waals surface area (Å²) in [6.45, 7) is 3.70. The Morgan fingerprint density at radius 2 is 1.89 bits per heavy atom. The second-order valence-electron chi connectivity index (χ2n) is 6.20. The molecule has 0 saturated carbocycles. The SMILES string of the molecule is [CH2]CCC(CC(=O)O)NC(=O)Nc1ccc2ncc(-c3ccccc3)nc2n1. The Labute approximate surface area is 162 Å². The molecule has 1 aromatic carbocycles. The van der Waals surface area contributed by atoms with E-state index in [-0.39, 0.29) is 6.42 Å². The van der Waals surface area contributed by atoms with E-state index in [9.17, 15) is 9.59 Å². The third-order valence-electron chi connectivity index (χ3n) is 4.03. The molecule has 0 spiro atoms. The quantitative estimate of drug-likeness (QED) is 0.581. The summed E-state index contributed by atoms with van der Waals surface area (Å²) in [5.41, 5.74) is 2.60. The fourth-order valence-electron chi connectivity index (χ4n) is 2.74. The van der Waals surface area contributed by atoms with Crippen molar-refractivity contribution in [1.82, 2.24) is 20.3 Å². The molecule has 143 valence electrons. The maximum Gasteiger partial charge on any atom is 0.320 e. The van der Waals surface area contributed by atoms with E-state index in [1.807, 2.05) is 30.3 Å². The van der Waals surface area contributed by atoms with Crippen LogP contribution in [0.15, 0.2) is 48.7 Å². The Balaban J connectivity index is 1.75. The lowest BCUT2D eigenvalue weighted by atomic mass is 10.1. The van der Waals surface area contributed by atoms with E-state index < -0.39 is 18.0 Å². The van der Waals surface area contributed by atoms with Crippen molar-refractivity contribution in [3.63, 3.8) is 0 Å². The minimum absolute atomic E-state index is 0.167. The van der Waals surface area contributed by atoms with Gasteiger partial charge in [-0.25, -0.2) is 14.8 Å².